The van der Waals surface area contributed by atoms with E-state index in [9.17, 15) is 4.79 Å². The molecule has 3 heteroatoms. The highest BCUT2D eigenvalue weighted by atomic mass is 79.9. The van der Waals surface area contributed by atoms with Gasteiger partial charge in [0.25, 0.3) is 0 Å². The zero-order valence-corrected chi connectivity index (χ0v) is 8.85. The monoisotopic (exact) mass is 240 g/mol. The predicted octanol–water partition coefficient (Wildman–Crippen LogP) is 2.72. The molecule has 0 atom stereocenters. The number of Topliss-reactive ketones (excluding diaryl/α,β-unsaturated/α-hetero) is 1. The smallest absolute Gasteiger partial charge is 0.170 e. The second-order valence-electron chi connectivity index (χ2n) is 3.07. The summed E-state index contributed by atoms with van der Waals surface area (Å²) in [6.07, 6.45) is 0.494. The zero-order chi connectivity index (χ0) is 9.42. The van der Waals surface area contributed by atoms with Crippen molar-refractivity contribution in [3.63, 3.8) is 0 Å². The summed E-state index contributed by atoms with van der Waals surface area (Å²) in [6.45, 7) is 2.45. The largest absolute Gasteiger partial charge is 0.492 e. The Kier molecular flexibility index (Phi) is 2.12. The van der Waals surface area contributed by atoms with Crippen LogP contribution in [0.5, 0.6) is 5.75 Å². The van der Waals surface area contributed by atoms with Gasteiger partial charge in [0.2, 0.25) is 0 Å². The molecule has 68 valence electrons. The number of carbonyl (C=O) groups excluding carboxylic acids is 1. The molecule has 0 unspecified atom stereocenters. The quantitative estimate of drug-likeness (QED) is 0.698. The molecule has 0 amide bonds. The molecule has 1 aliphatic rings. The number of ether oxygens (including phenoxy) is 1. The van der Waals surface area contributed by atoms with Gasteiger partial charge in [-0.25, -0.2) is 0 Å². The fraction of sp³-hybridized carbons (Fsp3) is 0.300. The molecule has 0 saturated carbocycles. The number of hydrogen-bond acceptors (Lipinski definition) is 2. The third-order valence-electron chi connectivity index (χ3n) is 2.22. The van der Waals surface area contributed by atoms with Crippen LogP contribution < -0.4 is 4.74 Å². The Hall–Kier alpha value is -0.830. The van der Waals surface area contributed by atoms with Gasteiger partial charge in [0.15, 0.2) is 5.78 Å². The number of rotatable bonds is 0. The number of ketones is 1. The van der Waals surface area contributed by atoms with Crippen molar-refractivity contribution in [2.75, 3.05) is 6.61 Å². The van der Waals surface area contributed by atoms with E-state index in [1.54, 1.807) is 0 Å². The summed E-state index contributed by atoms with van der Waals surface area (Å²) in [6, 6.07) is 3.70. The Labute approximate surface area is 85.0 Å². The normalized spacial score (nSPS) is 15.1. The lowest BCUT2D eigenvalue weighted by Gasteiger charge is -2.18. The third kappa shape index (κ3) is 1.37. The van der Waals surface area contributed by atoms with Crippen LogP contribution in [0.25, 0.3) is 0 Å². The Bertz CT molecular complexity index is 371. The molecule has 2 rings (SSSR count). The van der Waals surface area contributed by atoms with Crippen molar-refractivity contribution >= 4 is 21.7 Å². The van der Waals surface area contributed by atoms with E-state index in [0.29, 0.717) is 18.6 Å². The molecule has 1 aromatic rings. The first-order chi connectivity index (χ1) is 6.20. The number of halogens is 1. The van der Waals surface area contributed by atoms with Gasteiger partial charge in [0.1, 0.15) is 5.75 Å². The lowest BCUT2D eigenvalue weighted by Crippen LogP contribution is -2.16. The maximum absolute atomic E-state index is 11.5. The highest BCUT2D eigenvalue weighted by Gasteiger charge is 2.20. The molecule has 0 bridgehead atoms. The summed E-state index contributed by atoms with van der Waals surface area (Å²) in [5.74, 6) is 0.919. The molecular formula is C10H9BrO2. The van der Waals surface area contributed by atoms with Crippen LogP contribution in [0.1, 0.15) is 22.3 Å². The van der Waals surface area contributed by atoms with E-state index >= 15 is 0 Å². The molecule has 1 heterocycles. The maximum atomic E-state index is 11.5. The summed E-state index contributed by atoms with van der Waals surface area (Å²) in [4.78, 5) is 11.5. The van der Waals surface area contributed by atoms with Gasteiger partial charge in [0, 0.05) is 16.5 Å². The topological polar surface area (TPSA) is 26.3 Å². The molecule has 0 N–H and O–H groups in total. The van der Waals surface area contributed by atoms with Crippen LogP contribution in [0.4, 0.5) is 0 Å². The van der Waals surface area contributed by atoms with Gasteiger partial charge in [-0.1, -0.05) is 15.9 Å². The van der Waals surface area contributed by atoms with E-state index in [0.717, 1.165) is 15.8 Å². The number of hydrogen-bond donors (Lipinski definition) is 0. The van der Waals surface area contributed by atoms with Crippen molar-refractivity contribution < 1.29 is 9.53 Å². The van der Waals surface area contributed by atoms with Gasteiger partial charge in [-0.2, -0.15) is 0 Å². The molecule has 0 radical (unpaired) electrons. The number of fused-ring (bicyclic) bond motifs is 1. The van der Waals surface area contributed by atoms with Crippen molar-refractivity contribution in [3.8, 4) is 5.75 Å². The Morgan fingerprint density at radius 2 is 2.23 bits per heavy atom. The van der Waals surface area contributed by atoms with Crippen LogP contribution in [0.3, 0.4) is 0 Å². The van der Waals surface area contributed by atoms with Crippen LogP contribution in [0.2, 0.25) is 0 Å². The molecule has 1 aromatic carbocycles. The zero-order valence-electron chi connectivity index (χ0n) is 7.26. The summed E-state index contributed by atoms with van der Waals surface area (Å²) in [5.41, 5.74) is 1.72. The molecule has 13 heavy (non-hydrogen) atoms. The van der Waals surface area contributed by atoms with Crippen molar-refractivity contribution in [3.05, 3.63) is 27.7 Å². The number of carbonyl (C=O) groups is 1. The fourth-order valence-corrected chi connectivity index (χ4v) is 1.77. The lowest BCUT2D eigenvalue weighted by atomic mass is 10.0. The first kappa shape index (κ1) is 8.75. The summed E-state index contributed by atoms with van der Waals surface area (Å²) < 4.78 is 6.44. The molecule has 0 spiro atoms. The summed E-state index contributed by atoms with van der Waals surface area (Å²) in [7, 11) is 0. The SMILES string of the molecule is Cc1c(Br)ccc2c1OCCC2=O. The van der Waals surface area contributed by atoms with Gasteiger partial charge in [-0.05, 0) is 19.1 Å². The molecule has 0 aromatic heterocycles. The highest BCUT2D eigenvalue weighted by molar-refractivity contribution is 9.10. The Morgan fingerprint density at radius 1 is 1.46 bits per heavy atom. The third-order valence-corrected chi connectivity index (χ3v) is 3.07. The van der Waals surface area contributed by atoms with Gasteiger partial charge < -0.3 is 4.74 Å². The van der Waals surface area contributed by atoms with Gasteiger partial charge >= 0.3 is 0 Å². The number of benzene rings is 1. The molecule has 0 aliphatic carbocycles. The summed E-state index contributed by atoms with van der Waals surface area (Å²) >= 11 is 3.40. The Morgan fingerprint density at radius 3 is 3.00 bits per heavy atom. The molecule has 2 nitrogen and oxygen atoms in total. The van der Waals surface area contributed by atoms with Crippen molar-refractivity contribution in [1.82, 2.24) is 0 Å². The molecule has 0 fully saturated rings. The van der Waals surface area contributed by atoms with E-state index in [1.165, 1.54) is 0 Å². The van der Waals surface area contributed by atoms with Crippen LogP contribution >= 0.6 is 15.9 Å². The van der Waals surface area contributed by atoms with E-state index in [2.05, 4.69) is 15.9 Å². The predicted molar refractivity (Wildman–Crippen MR) is 53.3 cm³/mol. The Balaban J connectivity index is 2.63. The molecular weight excluding hydrogens is 232 g/mol. The second-order valence-corrected chi connectivity index (χ2v) is 3.93. The average Bonchev–Trinajstić information content (AvgIpc) is 2.12. The van der Waals surface area contributed by atoms with Crippen LogP contribution in [0.15, 0.2) is 16.6 Å². The fourth-order valence-electron chi connectivity index (χ4n) is 1.45. The van der Waals surface area contributed by atoms with Crippen molar-refractivity contribution in [1.29, 1.82) is 0 Å². The van der Waals surface area contributed by atoms with Crippen LogP contribution in [0, 0.1) is 6.92 Å². The van der Waals surface area contributed by atoms with Gasteiger partial charge in [0.05, 0.1) is 12.2 Å². The van der Waals surface area contributed by atoms with E-state index < -0.39 is 0 Å². The minimum atomic E-state index is 0.178. The van der Waals surface area contributed by atoms with Gasteiger partial charge in [-0.3, -0.25) is 4.79 Å². The average molecular weight is 241 g/mol. The van der Waals surface area contributed by atoms with E-state index in [4.69, 9.17) is 4.74 Å². The minimum Gasteiger partial charge on any atom is -0.492 e. The molecule has 1 aliphatic heterocycles. The maximum Gasteiger partial charge on any atom is 0.170 e. The lowest BCUT2D eigenvalue weighted by molar-refractivity contribution is 0.0933. The van der Waals surface area contributed by atoms with Crippen LogP contribution in [-0.4, -0.2) is 12.4 Å². The second kappa shape index (κ2) is 3.14. The van der Waals surface area contributed by atoms with Gasteiger partial charge in [-0.15, -0.1) is 0 Å². The standard InChI is InChI=1S/C10H9BrO2/c1-6-8(11)3-2-7-9(12)4-5-13-10(6)7/h2-3H,4-5H2,1H3. The first-order valence-corrected chi connectivity index (χ1v) is 4.94. The molecule has 0 saturated heterocycles. The van der Waals surface area contributed by atoms with Crippen molar-refractivity contribution in [2.24, 2.45) is 0 Å². The van der Waals surface area contributed by atoms with Crippen molar-refractivity contribution in [2.45, 2.75) is 13.3 Å². The minimum absolute atomic E-state index is 0.178. The van der Waals surface area contributed by atoms with Crippen LogP contribution in [-0.2, 0) is 0 Å². The summed E-state index contributed by atoms with van der Waals surface area (Å²) in [5, 5.41) is 0. The van der Waals surface area contributed by atoms with E-state index in [-0.39, 0.29) is 5.78 Å². The van der Waals surface area contributed by atoms with E-state index in [1.807, 2.05) is 19.1 Å². The first-order valence-electron chi connectivity index (χ1n) is 4.15. The highest BCUT2D eigenvalue weighted by Crippen LogP contribution is 2.33.